The molecule has 0 unspecified atom stereocenters. The Kier molecular flexibility index (Phi) is 5.47. The maximum Gasteiger partial charge on any atom is 0.227 e. The van der Waals surface area contributed by atoms with Crippen molar-refractivity contribution in [3.8, 4) is 17.1 Å². The number of H-pyrrole nitrogens is 1. The van der Waals surface area contributed by atoms with E-state index in [2.05, 4.69) is 20.6 Å². The molecule has 136 valence electrons. The van der Waals surface area contributed by atoms with Gasteiger partial charge < -0.3 is 10.1 Å². The predicted octanol–water partition coefficient (Wildman–Crippen LogP) is 2.77. The standard InChI is InChI=1S/C17H20N6O2S/c1-3-25-13-6-4-12(5-7-13)16-19-20-17(26)23(16)11-9-15(24)18-14-8-10-22(2)21-14/h4-8,10H,3,9,11H2,1-2H3,(H,20,26)(H,18,21,24). The Hall–Kier alpha value is -2.94. The van der Waals surface area contributed by atoms with Crippen molar-refractivity contribution in [3.63, 3.8) is 0 Å². The number of rotatable bonds is 7. The summed E-state index contributed by atoms with van der Waals surface area (Å²) >= 11 is 5.30. The summed E-state index contributed by atoms with van der Waals surface area (Å²) in [6.07, 6.45) is 2.03. The number of hydrogen-bond acceptors (Lipinski definition) is 5. The van der Waals surface area contributed by atoms with Crippen molar-refractivity contribution < 1.29 is 9.53 Å². The first-order chi connectivity index (χ1) is 12.6. The zero-order chi connectivity index (χ0) is 18.5. The van der Waals surface area contributed by atoms with Crippen LogP contribution in [0.15, 0.2) is 36.5 Å². The van der Waals surface area contributed by atoms with Gasteiger partial charge >= 0.3 is 0 Å². The van der Waals surface area contributed by atoms with E-state index < -0.39 is 0 Å². The minimum Gasteiger partial charge on any atom is -0.494 e. The highest BCUT2D eigenvalue weighted by atomic mass is 32.1. The van der Waals surface area contributed by atoms with Crippen LogP contribution in [0.2, 0.25) is 0 Å². The summed E-state index contributed by atoms with van der Waals surface area (Å²) < 4.78 is 9.36. The molecule has 26 heavy (non-hydrogen) atoms. The lowest BCUT2D eigenvalue weighted by molar-refractivity contribution is -0.116. The maximum absolute atomic E-state index is 12.1. The third-order valence-corrected chi connectivity index (χ3v) is 4.04. The van der Waals surface area contributed by atoms with E-state index in [0.29, 0.717) is 29.6 Å². The minimum absolute atomic E-state index is 0.135. The lowest BCUT2D eigenvalue weighted by Crippen LogP contribution is -2.15. The number of amides is 1. The van der Waals surface area contributed by atoms with Gasteiger partial charge in [-0.1, -0.05) is 0 Å². The van der Waals surface area contributed by atoms with Gasteiger partial charge in [-0.05, 0) is 43.4 Å². The van der Waals surface area contributed by atoms with E-state index in [-0.39, 0.29) is 12.3 Å². The van der Waals surface area contributed by atoms with Crippen LogP contribution >= 0.6 is 12.2 Å². The molecule has 0 aliphatic rings. The molecule has 0 aliphatic heterocycles. The normalized spacial score (nSPS) is 10.7. The van der Waals surface area contributed by atoms with Gasteiger partial charge in [-0.15, -0.1) is 0 Å². The van der Waals surface area contributed by atoms with Crippen LogP contribution in [0, 0.1) is 4.77 Å². The summed E-state index contributed by atoms with van der Waals surface area (Å²) in [6.45, 7) is 2.97. The van der Waals surface area contributed by atoms with Crippen molar-refractivity contribution >= 4 is 23.9 Å². The summed E-state index contributed by atoms with van der Waals surface area (Å²) in [7, 11) is 1.80. The smallest absolute Gasteiger partial charge is 0.227 e. The van der Waals surface area contributed by atoms with Crippen LogP contribution in [0.1, 0.15) is 13.3 Å². The maximum atomic E-state index is 12.1. The summed E-state index contributed by atoms with van der Waals surface area (Å²) in [5, 5.41) is 14.0. The molecule has 3 aromatic rings. The zero-order valence-corrected chi connectivity index (χ0v) is 15.4. The van der Waals surface area contributed by atoms with Crippen LogP contribution < -0.4 is 10.1 Å². The molecule has 1 aromatic carbocycles. The van der Waals surface area contributed by atoms with E-state index in [0.717, 1.165) is 11.3 Å². The van der Waals surface area contributed by atoms with Crippen LogP contribution in [-0.2, 0) is 18.4 Å². The van der Waals surface area contributed by atoms with Crippen LogP contribution in [0.4, 0.5) is 5.82 Å². The van der Waals surface area contributed by atoms with Crippen molar-refractivity contribution in [3.05, 3.63) is 41.3 Å². The summed E-state index contributed by atoms with van der Waals surface area (Å²) in [4.78, 5) is 12.1. The van der Waals surface area contributed by atoms with Gasteiger partial charge in [-0.2, -0.15) is 10.2 Å². The molecule has 3 rings (SSSR count). The number of carbonyl (C=O) groups excluding carboxylic acids is 1. The molecule has 0 aliphatic carbocycles. The van der Waals surface area contributed by atoms with Gasteiger partial charge in [0.2, 0.25) is 5.91 Å². The van der Waals surface area contributed by atoms with E-state index in [1.165, 1.54) is 0 Å². The molecular weight excluding hydrogens is 352 g/mol. The fourth-order valence-electron chi connectivity index (χ4n) is 2.51. The molecule has 0 radical (unpaired) electrons. The summed E-state index contributed by atoms with van der Waals surface area (Å²) in [6, 6.07) is 9.34. The van der Waals surface area contributed by atoms with E-state index in [1.54, 1.807) is 24.0 Å². The lowest BCUT2D eigenvalue weighted by atomic mass is 10.2. The van der Waals surface area contributed by atoms with Crippen LogP contribution in [-0.4, -0.2) is 37.1 Å². The molecule has 1 amide bonds. The Morgan fingerprint density at radius 1 is 1.31 bits per heavy atom. The number of benzene rings is 1. The van der Waals surface area contributed by atoms with Crippen molar-refractivity contribution in [2.45, 2.75) is 19.9 Å². The molecule has 0 atom stereocenters. The average molecular weight is 372 g/mol. The third kappa shape index (κ3) is 4.17. The molecular formula is C17H20N6O2S. The number of carbonyl (C=O) groups is 1. The molecule has 0 saturated carbocycles. The van der Waals surface area contributed by atoms with Crippen LogP contribution in [0.25, 0.3) is 11.4 Å². The van der Waals surface area contributed by atoms with Crippen molar-refractivity contribution in [2.24, 2.45) is 7.05 Å². The van der Waals surface area contributed by atoms with Crippen LogP contribution in [0.5, 0.6) is 5.75 Å². The largest absolute Gasteiger partial charge is 0.494 e. The number of ether oxygens (including phenoxy) is 1. The van der Waals surface area contributed by atoms with Gasteiger partial charge in [-0.25, -0.2) is 0 Å². The number of nitrogens with zero attached hydrogens (tertiary/aromatic N) is 4. The molecule has 0 fully saturated rings. The monoisotopic (exact) mass is 372 g/mol. The Morgan fingerprint density at radius 3 is 2.73 bits per heavy atom. The van der Waals surface area contributed by atoms with Gasteiger partial charge in [0.1, 0.15) is 5.75 Å². The lowest BCUT2D eigenvalue weighted by Gasteiger charge is -2.08. The molecule has 8 nitrogen and oxygen atoms in total. The van der Waals surface area contributed by atoms with Crippen LogP contribution in [0.3, 0.4) is 0 Å². The second-order valence-corrected chi connectivity index (χ2v) is 6.02. The first-order valence-electron chi connectivity index (χ1n) is 8.24. The number of anilines is 1. The van der Waals surface area contributed by atoms with Gasteiger partial charge in [0, 0.05) is 37.8 Å². The molecule has 2 aromatic heterocycles. The highest BCUT2D eigenvalue weighted by Crippen LogP contribution is 2.21. The van der Waals surface area contributed by atoms with E-state index in [1.807, 2.05) is 35.8 Å². The molecule has 9 heteroatoms. The highest BCUT2D eigenvalue weighted by molar-refractivity contribution is 7.71. The van der Waals surface area contributed by atoms with Gasteiger partial charge in [0.05, 0.1) is 6.61 Å². The topological polar surface area (TPSA) is 89.8 Å². The fraction of sp³-hybridized carbons (Fsp3) is 0.294. The molecule has 0 bridgehead atoms. The fourth-order valence-corrected chi connectivity index (χ4v) is 2.74. The van der Waals surface area contributed by atoms with E-state index >= 15 is 0 Å². The average Bonchev–Trinajstić information content (AvgIpc) is 3.19. The summed E-state index contributed by atoms with van der Waals surface area (Å²) in [5.41, 5.74) is 0.894. The number of hydrogen-bond donors (Lipinski definition) is 2. The first kappa shape index (κ1) is 17.9. The number of aromatic nitrogens is 5. The molecule has 2 heterocycles. The number of aryl methyl sites for hydroxylation is 1. The summed E-state index contributed by atoms with van der Waals surface area (Å²) in [5.74, 6) is 1.87. The van der Waals surface area contributed by atoms with E-state index in [9.17, 15) is 4.79 Å². The van der Waals surface area contributed by atoms with Gasteiger partial charge in [0.15, 0.2) is 16.4 Å². The van der Waals surface area contributed by atoms with Crippen molar-refractivity contribution in [1.82, 2.24) is 24.5 Å². The minimum atomic E-state index is -0.135. The van der Waals surface area contributed by atoms with Crippen molar-refractivity contribution in [1.29, 1.82) is 0 Å². The first-order valence-corrected chi connectivity index (χ1v) is 8.65. The Morgan fingerprint density at radius 2 is 2.08 bits per heavy atom. The van der Waals surface area contributed by atoms with E-state index in [4.69, 9.17) is 17.0 Å². The van der Waals surface area contributed by atoms with Crippen molar-refractivity contribution in [2.75, 3.05) is 11.9 Å². The Balaban J connectivity index is 1.69. The Bertz CT molecular complexity index is 941. The second kappa shape index (κ2) is 7.96. The number of aromatic amines is 1. The second-order valence-electron chi connectivity index (χ2n) is 5.63. The molecule has 2 N–H and O–H groups in total. The predicted molar refractivity (Wildman–Crippen MR) is 100 cm³/mol. The Labute approximate surface area is 155 Å². The highest BCUT2D eigenvalue weighted by Gasteiger charge is 2.11. The quantitative estimate of drug-likeness (QED) is 0.623. The SMILES string of the molecule is CCOc1ccc(-c2n[nH]c(=S)n2CCC(=O)Nc2ccn(C)n2)cc1. The molecule has 0 saturated heterocycles. The third-order valence-electron chi connectivity index (χ3n) is 3.73. The van der Waals surface area contributed by atoms with Gasteiger partial charge in [0.25, 0.3) is 0 Å². The zero-order valence-electron chi connectivity index (χ0n) is 14.6. The van der Waals surface area contributed by atoms with Gasteiger partial charge in [-0.3, -0.25) is 19.1 Å². The molecule has 0 spiro atoms. The number of nitrogens with one attached hydrogen (secondary N) is 2.